The van der Waals surface area contributed by atoms with Gasteiger partial charge in [-0.25, -0.2) is 9.97 Å². The molecule has 1 amide bonds. The molecule has 31 heavy (non-hydrogen) atoms. The third kappa shape index (κ3) is 3.67. The predicted octanol–water partition coefficient (Wildman–Crippen LogP) is 4.99. The van der Waals surface area contributed by atoms with Gasteiger partial charge < -0.3 is 11.1 Å². The minimum Gasteiger partial charge on any atom is -0.368 e. The molecule has 5 rings (SSSR count). The number of hydrogen-bond donors (Lipinski definition) is 2. The van der Waals surface area contributed by atoms with E-state index < -0.39 is 0 Å². The number of nitrogen functional groups attached to an aromatic ring is 1. The maximum Gasteiger partial charge on any atom is 0.255 e. The van der Waals surface area contributed by atoms with Crippen LogP contribution in [-0.4, -0.2) is 20.9 Å². The zero-order chi connectivity index (χ0) is 21.4. The highest BCUT2D eigenvalue weighted by molar-refractivity contribution is 6.05. The zero-order valence-corrected chi connectivity index (χ0v) is 16.8. The van der Waals surface area contributed by atoms with E-state index in [0.29, 0.717) is 11.3 Å². The number of pyridine rings is 1. The Kier molecular flexibility index (Phi) is 4.52. The van der Waals surface area contributed by atoms with Gasteiger partial charge in [0.15, 0.2) is 0 Å². The fraction of sp³-hybridized carbons (Fsp3) is 0.0400. The van der Waals surface area contributed by atoms with Gasteiger partial charge in [0.25, 0.3) is 5.91 Å². The van der Waals surface area contributed by atoms with Crippen LogP contribution in [0.4, 0.5) is 11.6 Å². The summed E-state index contributed by atoms with van der Waals surface area (Å²) in [6, 6.07) is 21.3. The topological polar surface area (TPSA) is 93.8 Å². The van der Waals surface area contributed by atoms with Gasteiger partial charge in [0.05, 0.1) is 22.9 Å². The molecule has 3 N–H and O–H groups in total. The Labute approximate surface area is 178 Å². The second-order valence-corrected chi connectivity index (χ2v) is 7.40. The van der Waals surface area contributed by atoms with Crippen LogP contribution in [-0.2, 0) is 0 Å². The lowest BCUT2D eigenvalue weighted by Gasteiger charge is -2.11. The summed E-state index contributed by atoms with van der Waals surface area (Å²) in [5, 5.41) is 4.82. The summed E-state index contributed by atoms with van der Waals surface area (Å²) in [5.41, 5.74) is 11.6. The molecule has 6 heteroatoms. The Morgan fingerprint density at radius 2 is 1.74 bits per heavy atom. The van der Waals surface area contributed by atoms with Gasteiger partial charge in [-0.1, -0.05) is 30.3 Å². The summed E-state index contributed by atoms with van der Waals surface area (Å²) in [5.74, 6) is 0.0634. The molecule has 3 aromatic carbocycles. The first-order chi connectivity index (χ1) is 15.1. The van der Waals surface area contributed by atoms with Crippen LogP contribution in [0, 0.1) is 6.92 Å². The molecule has 0 unspecified atom stereocenters. The monoisotopic (exact) mass is 405 g/mol. The molecule has 150 valence electrons. The van der Waals surface area contributed by atoms with E-state index in [4.69, 9.17) is 5.73 Å². The van der Waals surface area contributed by atoms with E-state index in [0.717, 1.165) is 38.5 Å². The van der Waals surface area contributed by atoms with Gasteiger partial charge in [-0.3, -0.25) is 9.78 Å². The van der Waals surface area contributed by atoms with E-state index in [1.807, 2.05) is 73.7 Å². The maximum atomic E-state index is 12.9. The molecule has 0 saturated heterocycles. The molecule has 0 aliphatic carbocycles. The highest BCUT2D eigenvalue weighted by Crippen LogP contribution is 2.28. The van der Waals surface area contributed by atoms with Crippen molar-refractivity contribution in [3.05, 3.63) is 90.3 Å². The molecule has 0 bridgehead atoms. The van der Waals surface area contributed by atoms with E-state index in [-0.39, 0.29) is 11.9 Å². The van der Waals surface area contributed by atoms with Crippen molar-refractivity contribution in [1.82, 2.24) is 15.0 Å². The molecule has 5 aromatic rings. The number of nitrogens with two attached hydrogens (primary N) is 1. The fourth-order valence-electron chi connectivity index (χ4n) is 3.63. The number of para-hydroxylation sites is 1. The van der Waals surface area contributed by atoms with Crippen LogP contribution in [0.5, 0.6) is 0 Å². The second kappa shape index (κ2) is 7.50. The van der Waals surface area contributed by atoms with E-state index in [2.05, 4.69) is 20.3 Å². The van der Waals surface area contributed by atoms with Gasteiger partial charge in [0.2, 0.25) is 5.95 Å². The largest absolute Gasteiger partial charge is 0.368 e. The summed E-state index contributed by atoms with van der Waals surface area (Å²) >= 11 is 0. The lowest BCUT2D eigenvalue weighted by atomic mass is 9.97. The number of nitrogens with one attached hydrogen (secondary N) is 1. The van der Waals surface area contributed by atoms with Crippen molar-refractivity contribution < 1.29 is 4.79 Å². The summed E-state index contributed by atoms with van der Waals surface area (Å²) in [7, 11) is 0. The SMILES string of the molecule is Cc1ccc(C(=O)Nc2cnc3ccccc3c2)cc1-c1ccc2nc(N)ncc2c1. The number of carbonyl (C=O) groups excluding carboxylic acids is 1. The zero-order valence-electron chi connectivity index (χ0n) is 16.8. The molecule has 0 aliphatic heterocycles. The second-order valence-electron chi connectivity index (χ2n) is 7.40. The van der Waals surface area contributed by atoms with Crippen molar-refractivity contribution >= 4 is 39.3 Å². The number of carbonyl (C=O) groups is 1. The molecular formula is C25H19N5O. The number of amides is 1. The number of rotatable bonds is 3. The van der Waals surface area contributed by atoms with Crippen molar-refractivity contribution in [2.24, 2.45) is 0 Å². The Balaban J connectivity index is 1.47. The Morgan fingerprint density at radius 3 is 2.65 bits per heavy atom. The van der Waals surface area contributed by atoms with Gasteiger partial charge >= 0.3 is 0 Å². The average Bonchev–Trinajstić information content (AvgIpc) is 2.79. The van der Waals surface area contributed by atoms with Crippen molar-refractivity contribution in [3.8, 4) is 11.1 Å². The minimum atomic E-state index is -0.185. The fourth-order valence-corrected chi connectivity index (χ4v) is 3.63. The first kappa shape index (κ1) is 18.7. The molecule has 2 aromatic heterocycles. The van der Waals surface area contributed by atoms with Gasteiger partial charge in [0, 0.05) is 22.5 Å². The van der Waals surface area contributed by atoms with E-state index in [1.165, 1.54) is 0 Å². The van der Waals surface area contributed by atoms with Crippen LogP contribution >= 0.6 is 0 Å². The number of fused-ring (bicyclic) bond motifs is 2. The van der Waals surface area contributed by atoms with Gasteiger partial charge in [-0.05, 0) is 60.0 Å². The normalized spacial score (nSPS) is 11.0. The summed E-state index contributed by atoms with van der Waals surface area (Å²) in [6.45, 7) is 2.02. The third-order valence-corrected chi connectivity index (χ3v) is 5.26. The minimum absolute atomic E-state index is 0.185. The van der Waals surface area contributed by atoms with Crippen LogP contribution in [0.2, 0.25) is 0 Å². The van der Waals surface area contributed by atoms with Crippen molar-refractivity contribution in [1.29, 1.82) is 0 Å². The first-order valence-corrected chi connectivity index (χ1v) is 9.86. The number of anilines is 2. The smallest absolute Gasteiger partial charge is 0.255 e. The van der Waals surface area contributed by atoms with Gasteiger partial charge in [-0.15, -0.1) is 0 Å². The molecule has 0 radical (unpaired) electrons. The van der Waals surface area contributed by atoms with Crippen molar-refractivity contribution in [2.75, 3.05) is 11.1 Å². The first-order valence-electron chi connectivity index (χ1n) is 9.86. The average molecular weight is 405 g/mol. The van der Waals surface area contributed by atoms with Crippen molar-refractivity contribution in [2.45, 2.75) is 6.92 Å². The summed E-state index contributed by atoms with van der Waals surface area (Å²) in [4.78, 5) is 25.6. The Bertz CT molecular complexity index is 1460. The predicted molar refractivity (Wildman–Crippen MR) is 124 cm³/mol. The Morgan fingerprint density at radius 1 is 0.871 bits per heavy atom. The molecule has 0 spiro atoms. The number of nitrogens with zero attached hydrogens (tertiary/aromatic N) is 3. The van der Waals surface area contributed by atoms with E-state index in [1.54, 1.807) is 12.4 Å². The summed E-state index contributed by atoms with van der Waals surface area (Å²) in [6.07, 6.45) is 3.38. The van der Waals surface area contributed by atoms with Crippen LogP contribution in [0.1, 0.15) is 15.9 Å². The van der Waals surface area contributed by atoms with Crippen LogP contribution in [0.3, 0.4) is 0 Å². The molecule has 0 aliphatic rings. The van der Waals surface area contributed by atoms with E-state index in [9.17, 15) is 4.79 Å². The molecular weight excluding hydrogens is 386 g/mol. The van der Waals surface area contributed by atoms with Crippen LogP contribution in [0.25, 0.3) is 32.9 Å². The highest BCUT2D eigenvalue weighted by atomic mass is 16.1. The molecule has 6 nitrogen and oxygen atoms in total. The number of aromatic nitrogens is 3. The van der Waals surface area contributed by atoms with E-state index >= 15 is 0 Å². The van der Waals surface area contributed by atoms with Crippen LogP contribution in [0.15, 0.2) is 79.1 Å². The molecule has 0 saturated carbocycles. The third-order valence-electron chi connectivity index (χ3n) is 5.26. The van der Waals surface area contributed by atoms with Gasteiger partial charge in [-0.2, -0.15) is 0 Å². The standard InChI is InChI=1S/C25H19N5O/c1-15-6-7-18(24(31)29-20-11-17-4-2-3-5-22(17)27-14-20)12-21(15)16-8-9-23-19(10-16)13-28-25(26)30-23/h2-14H,1H3,(H,29,31)(H2,26,28,30). The molecule has 0 fully saturated rings. The maximum absolute atomic E-state index is 12.9. The lowest BCUT2D eigenvalue weighted by molar-refractivity contribution is 0.102. The Hall–Kier alpha value is -4.32. The highest BCUT2D eigenvalue weighted by Gasteiger charge is 2.11. The quantitative estimate of drug-likeness (QED) is 0.441. The lowest BCUT2D eigenvalue weighted by Crippen LogP contribution is -2.12. The number of aryl methyl sites for hydroxylation is 1. The number of hydrogen-bond acceptors (Lipinski definition) is 5. The summed E-state index contributed by atoms with van der Waals surface area (Å²) < 4.78 is 0. The number of benzene rings is 3. The molecule has 0 atom stereocenters. The van der Waals surface area contributed by atoms with Crippen molar-refractivity contribution in [3.63, 3.8) is 0 Å². The van der Waals surface area contributed by atoms with Gasteiger partial charge in [0.1, 0.15) is 0 Å². The van der Waals surface area contributed by atoms with Crippen LogP contribution < -0.4 is 11.1 Å². The molecule has 2 heterocycles.